The van der Waals surface area contributed by atoms with Gasteiger partial charge in [0.05, 0.1) is 0 Å². The predicted molar refractivity (Wildman–Crippen MR) is 63.2 cm³/mol. The van der Waals surface area contributed by atoms with Gasteiger partial charge >= 0.3 is 5.97 Å². The summed E-state index contributed by atoms with van der Waals surface area (Å²) in [4.78, 5) is 11.0. The number of hydrogen-bond donors (Lipinski definition) is 2. The lowest BCUT2D eigenvalue weighted by Gasteiger charge is -2.32. The summed E-state index contributed by atoms with van der Waals surface area (Å²) >= 11 is 0. The molecule has 1 atom stereocenters. The first-order chi connectivity index (χ1) is 6.40. The summed E-state index contributed by atoms with van der Waals surface area (Å²) in [6.45, 7) is 10.5. The highest BCUT2D eigenvalue weighted by atomic mass is 28.3. The van der Waals surface area contributed by atoms with Crippen LogP contribution in [0.25, 0.3) is 0 Å². The number of rotatable bonds is 2. The topological polar surface area (TPSA) is 57.5 Å². The molecule has 0 aliphatic carbocycles. The lowest BCUT2D eigenvalue weighted by atomic mass is 9.77. The third-order valence-corrected chi connectivity index (χ3v) is 3.31. The average Bonchev–Trinajstić information content (AvgIpc) is 1.99. The Labute approximate surface area is 92.5 Å². The maximum atomic E-state index is 11.0. The van der Waals surface area contributed by atoms with Crippen molar-refractivity contribution < 1.29 is 15.0 Å². The van der Waals surface area contributed by atoms with Crippen LogP contribution in [0.4, 0.5) is 0 Å². The van der Waals surface area contributed by atoms with Crippen LogP contribution in [0.3, 0.4) is 0 Å². The van der Waals surface area contributed by atoms with Crippen LogP contribution in [0.1, 0.15) is 20.8 Å². The smallest absolute Gasteiger partial charge is 0.313 e. The molecule has 86 valence electrons. The van der Waals surface area contributed by atoms with Gasteiger partial charge in [0.1, 0.15) is 19.1 Å². The van der Waals surface area contributed by atoms with Crippen LogP contribution in [-0.2, 0) is 4.79 Å². The lowest BCUT2D eigenvalue weighted by molar-refractivity contribution is -0.157. The molecular formula is C11H20O3Si. The highest BCUT2D eigenvalue weighted by molar-refractivity contribution is 6.83. The van der Waals surface area contributed by atoms with Crippen LogP contribution in [0.15, 0.2) is 0 Å². The van der Waals surface area contributed by atoms with E-state index in [4.69, 9.17) is 5.11 Å². The van der Waals surface area contributed by atoms with E-state index >= 15 is 0 Å². The first kappa shape index (κ1) is 14.2. The van der Waals surface area contributed by atoms with E-state index in [-0.39, 0.29) is 0 Å². The second-order valence-corrected chi connectivity index (χ2v) is 10.3. The van der Waals surface area contributed by atoms with Crippen LogP contribution in [-0.4, -0.2) is 29.9 Å². The van der Waals surface area contributed by atoms with Crippen molar-refractivity contribution in [2.45, 2.75) is 46.0 Å². The van der Waals surface area contributed by atoms with E-state index < -0.39 is 25.1 Å². The van der Waals surface area contributed by atoms with Crippen LogP contribution in [0.5, 0.6) is 0 Å². The first-order valence-electron chi connectivity index (χ1n) is 4.90. The molecule has 0 aliphatic rings. The van der Waals surface area contributed by atoms with E-state index in [9.17, 15) is 9.90 Å². The monoisotopic (exact) mass is 228 g/mol. The van der Waals surface area contributed by atoms with Gasteiger partial charge in [-0.2, -0.15) is 0 Å². The Hall–Kier alpha value is -0.793. The summed E-state index contributed by atoms with van der Waals surface area (Å²) in [7, 11) is -1.59. The molecule has 0 aromatic rings. The zero-order valence-electron chi connectivity index (χ0n) is 10.3. The maximum absolute atomic E-state index is 11.0. The quantitative estimate of drug-likeness (QED) is 0.559. The van der Waals surface area contributed by atoms with Gasteiger partial charge in [-0.25, -0.2) is 0 Å². The average molecular weight is 228 g/mol. The normalized spacial score (nSPS) is 16.2. The van der Waals surface area contributed by atoms with Crippen molar-refractivity contribution >= 4 is 14.0 Å². The van der Waals surface area contributed by atoms with Crippen LogP contribution in [0.2, 0.25) is 19.6 Å². The minimum absolute atomic E-state index is 1.04. The summed E-state index contributed by atoms with van der Waals surface area (Å²) in [5.41, 5.74) is 0.234. The number of carbonyl (C=O) groups is 1. The van der Waals surface area contributed by atoms with Crippen LogP contribution >= 0.6 is 0 Å². The Morgan fingerprint density at radius 3 is 1.87 bits per heavy atom. The zero-order chi connectivity index (χ0) is 12.5. The standard InChI is InChI=1S/C11H20O3Si/c1-10(2,9(12)13)11(3,14)7-8-15(4,5)6/h14H,1-6H3,(H,12,13)/t11-/m1/s1. The minimum Gasteiger partial charge on any atom is -0.481 e. The molecule has 0 heterocycles. The van der Waals surface area contributed by atoms with Gasteiger partial charge in [-0.3, -0.25) is 4.79 Å². The second-order valence-electron chi connectivity index (χ2n) is 5.50. The molecule has 0 fully saturated rings. The SMILES string of the molecule is CC(C)(C(=O)O)[C@](C)(O)C#C[Si](C)(C)C. The van der Waals surface area contributed by atoms with Gasteiger partial charge in [0.15, 0.2) is 0 Å². The Bertz CT molecular complexity index is 313. The van der Waals surface area contributed by atoms with Gasteiger partial charge in [0.2, 0.25) is 0 Å². The van der Waals surface area contributed by atoms with Crippen molar-refractivity contribution in [2.24, 2.45) is 5.41 Å². The number of carboxylic acids is 1. The summed E-state index contributed by atoms with van der Waals surface area (Å²) < 4.78 is 0. The van der Waals surface area contributed by atoms with Gasteiger partial charge in [-0.05, 0) is 20.8 Å². The zero-order valence-corrected chi connectivity index (χ0v) is 11.3. The lowest BCUT2D eigenvalue weighted by Crippen LogP contribution is -2.46. The van der Waals surface area contributed by atoms with Crippen molar-refractivity contribution in [3.63, 3.8) is 0 Å². The Morgan fingerprint density at radius 1 is 1.20 bits per heavy atom. The fourth-order valence-corrected chi connectivity index (χ4v) is 1.29. The molecule has 0 rings (SSSR count). The van der Waals surface area contributed by atoms with E-state index in [1.165, 1.54) is 20.8 Å². The van der Waals surface area contributed by atoms with Crippen molar-refractivity contribution in [1.29, 1.82) is 0 Å². The molecule has 2 N–H and O–H groups in total. The maximum Gasteiger partial charge on any atom is 0.313 e. The van der Waals surface area contributed by atoms with Gasteiger partial charge < -0.3 is 10.2 Å². The molecule has 3 nitrogen and oxygen atoms in total. The highest BCUT2D eigenvalue weighted by Crippen LogP contribution is 2.30. The Morgan fingerprint density at radius 2 is 1.60 bits per heavy atom. The van der Waals surface area contributed by atoms with Gasteiger partial charge in [0.25, 0.3) is 0 Å². The third-order valence-electron chi connectivity index (χ3n) is 2.43. The summed E-state index contributed by atoms with van der Waals surface area (Å²) in [5.74, 6) is 1.66. The number of aliphatic carboxylic acids is 1. The first-order valence-corrected chi connectivity index (χ1v) is 8.40. The molecule has 0 saturated carbocycles. The van der Waals surface area contributed by atoms with Crippen molar-refractivity contribution in [3.8, 4) is 11.5 Å². The molecule has 0 aromatic carbocycles. The molecule has 0 aliphatic heterocycles. The number of carboxylic acid groups (broad SMARTS) is 1. The van der Waals surface area contributed by atoms with Gasteiger partial charge in [0, 0.05) is 0 Å². The molecule has 4 heteroatoms. The van der Waals surface area contributed by atoms with E-state index in [0.717, 1.165) is 0 Å². The highest BCUT2D eigenvalue weighted by Gasteiger charge is 2.44. The van der Waals surface area contributed by atoms with Gasteiger partial charge in [-0.15, -0.1) is 5.54 Å². The van der Waals surface area contributed by atoms with E-state index in [0.29, 0.717) is 0 Å². The van der Waals surface area contributed by atoms with Crippen LogP contribution < -0.4 is 0 Å². The van der Waals surface area contributed by atoms with Crippen LogP contribution in [0, 0.1) is 16.9 Å². The molecular weight excluding hydrogens is 208 g/mol. The molecule has 0 amide bonds. The van der Waals surface area contributed by atoms with Crippen molar-refractivity contribution in [3.05, 3.63) is 0 Å². The third kappa shape index (κ3) is 3.69. The number of hydrogen-bond acceptors (Lipinski definition) is 2. The van der Waals surface area contributed by atoms with Gasteiger partial charge in [-0.1, -0.05) is 25.6 Å². The fraction of sp³-hybridized carbons (Fsp3) is 0.727. The molecule has 0 aromatic heterocycles. The molecule has 0 unspecified atom stereocenters. The van der Waals surface area contributed by atoms with E-state index in [2.05, 4.69) is 11.5 Å². The summed E-state index contributed by atoms with van der Waals surface area (Å²) in [6.07, 6.45) is 0. The van der Waals surface area contributed by atoms with E-state index in [1.807, 2.05) is 19.6 Å². The summed E-state index contributed by atoms with van der Waals surface area (Å²) in [5, 5.41) is 19.0. The number of aliphatic hydroxyl groups is 1. The van der Waals surface area contributed by atoms with Crippen molar-refractivity contribution in [1.82, 2.24) is 0 Å². The fourth-order valence-electron chi connectivity index (χ4n) is 0.674. The molecule has 0 bridgehead atoms. The molecule has 0 radical (unpaired) electrons. The molecule has 0 saturated heterocycles. The largest absolute Gasteiger partial charge is 0.481 e. The summed E-state index contributed by atoms with van der Waals surface area (Å²) in [6, 6.07) is 0. The Kier molecular flexibility index (Phi) is 3.78. The second kappa shape index (κ2) is 3.99. The predicted octanol–water partition coefficient (Wildman–Crippen LogP) is 1.73. The molecule has 15 heavy (non-hydrogen) atoms. The minimum atomic E-state index is -1.59. The van der Waals surface area contributed by atoms with Crippen molar-refractivity contribution in [2.75, 3.05) is 0 Å². The molecule has 0 spiro atoms. The van der Waals surface area contributed by atoms with E-state index in [1.54, 1.807) is 0 Å². The Balaban J connectivity index is 5.14.